The standard InChI is InChI=1S/C21H24N2O4/c1-3-25-18-11-8-13(12-19(18)26-4-2)21-22-20(23-27-21)16-7-5-6-15-14(16)9-10-17(15)24/h5-8,12,17-18,24H,3-4,9-11H2,1-2H3/t17-,18?/m1/s1. The van der Waals surface area contributed by atoms with Gasteiger partial charge in [-0.05, 0) is 50.3 Å². The van der Waals surface area contributed by atoms with Crippen molar-refractivity contribution in [2.75, 3.05) is 13.2 Å². The summed E-state index contributed by atoms with van der Waals surface area (Å²) in [6.07, 6.45) is 5.76. The van der Waals surface area contributed by atoms with Crippen LogP contribution in [0.3, 0.4) is 0 Å². The summed E-state index contributed by atoms with van der Waals surface area (Å²) in [6.45, 7) is 5.14. The molecule has 2 aliphatic rings. The zero-order valence-corrected chi connectivity index (χ0v) is 15.6. The summed E-state index contributed by atoms with van der Waals surface area (Å²) < 4.78 is 17.0. The summed E-state index contributed by atoms with van der Waals surface area (Å²) in [5, 5.41) is 14.3. The van der Waals surface area contributed by atoms with E-state index in [1.165, 1.54) is 0 Å². The lowest BCUT2D eigenvalue weighted by atomic mass is 10.0. The molecule has 0 amide bonds. The summed E-state index contributed by atoms with van der Waals surface area (Å²) in [5.41, 5.74) is 3.85. The molecular weight excluding hydrogens is 344 g/mol. The number of benzene rings is 1. The SMILES string of the molecule is CCOC1=CC(c2nc(-c3cccc4c3CC[C@H]4O)no2)=CCC1OCC. The van der Waals surface area contributed by atoms with Crippen molar-refractivity contribution in [3.8, 4) is 11.4 Å². The molecule has 1 aromatic heterocycles. The molecule has 0 saturated heterocycles. The van der Waals surface area contributed by atoms with Crippen molar-refractivity contribution in [1.29, 1.82) is 0 Å². The van der Waals surface area contributed by atoms with Crippen molar-refractivity contribution < 1.29 is 19.1 Å². The van der Waals surface area contributed by atoms with Crippen LogP contribution < -0.4 is 0 Å². The Morgan fingerprint density at radius 3 is 2.96 bits per heavy atom. The molecule has 0 bridgehead atoms. The van der Waals surface area contributed by atoms with Crippen molar-refractivity contribution in [2.24, 2.45) is 0 Å². The Kier molecular flexibility index (Phi) is 5.09. The first-order valence-electron chi connectivity index (χ1n) is 9.51. The second-order valence-corrected chi connectivity index (χ2v) is 6.67. The van der Waals surface area contributed by atoms with Gasteiger partial charge in [0.1, 0.15) is 11.9 Å². The maximum atomic E-state index is 10.1. The average molecular weight is 368 g/mol. The molecule has 6 nitrogen and oxygen atoms in total. The fourth-order valence-corrected chi connectivity index (χ4v) is 3.75. The third-order valence-electron chi connectivity index (χ3n) is 5.00. The Labute approximate surface area is 158 Å². The number of ether oxygens (including phenoxy) is 2. The number of fused-ring (bicyclic) bond motifs is 1. The van der Waals surface area contributed by atoms with Crippen molar-refractivity contribution in [3.05, 3.63) is 53.1 Å². The van der Waals surface area contributed by atoms with Crippen molar-refractivity contribution in [3.63, 3.8) is 0 Å². The van der Waals surface area contributed by atoms with Crippen LogP contribution in [-0.2, 0) is 15.9 Å². The largest absolute Gasteiger partial charge is 0.495 e. The Morgan fingerprint density at radius 2 is 2.15 bits per heavy atom. The molecule has 0 saturated carbocycles. The Bertz CT molecular complexity index is 884. The van der Waals surface area contributed by atoms with Crippen LogP contribution >= 0.6 is 0 Å². The lowest BCUT2D eigenvalue weighted by Gasteiger charge is -2.22. The first kappa shape index (κ1) is 17.9. The Morgan fingerprint density at radius 1 is 1.26 bits per heavy atom. The number of hydrogen-bond donors (Lipinski definition) is 1. The highest BCUT2D eigenvalue weighted by Crippen LogP contribution is 2.37. The number of aliphatic hydroxyl groups excluding tert-OH is 1. The van der Waals surface area contributed by atoms with Gasteiger partial charge >= 0.3 is 0 Å². The normalized spacial score (nSPS) is 21.6. The van der Waals surface area contributed by atoms with Crippen LogP contribution in [0.25, 0.3) is 17.0 Å². The van der Waals surface area contributed by atoms with Gasteiger partial charge in [-0.25, -0.2) is 0 Å². The minimum absolute atomic E-state index is 0.0695. The van der Waals surface area contributed by atoms with Crippen molar-refractivity contribution in [2.45, 2.75) is 45.3 Å². The van der Waals surface area contributed by atoms with Crippen LogP contribution in [0.4, 0.5) is 0 Å². The summed E-state index contributed by atoms with van der Waals surface area (Å²) >= 11 is 0. The molecule has 0 radical (unpaired) electrons. The summed E-state index contributed by atoms with van der Waals surface area (Å²) in [7, 11) is 0. The fraction of sp³-hybridized carbons (Fsp3) is 0.429. The van der Waals surface area contributed by atoms with Gasteiger partial charge in [-0.15, -0.1) is 0 Å². The van der Waals surface area contributed by atoms with E-state index in [1.54, 1.807) is 0 Å². The number of hydrogen-bond acceptors (Lipinski definition) is 6. The molecule has 2 atom stereocenters. The summed E-state index contributed by atoms with van der Waals surface area (Å²) in [4.78, 5) is 4.60. The minimum atomic E-state index is -0.403. The fourth-order valence-electron chi connectivity index (χ4n) is 3.75. The van der Waals surface area contributed by atoms with Gasteiger partial charge in [0, 0.05) is 17.7 Å². The molecular formula is C21H24N2O4. The topological polar surface area (TPSA) is 77.6 Å². The van der Waals surface area contributed by atoms with Crippen LogP contribution in [0.1, 0.15) is 49.8 Å². The molecule has 6 heteroatoms. The zero-order chi connectivity index (χ0) is 18.8. The van der Waals surface area contributed by atoms with E-state index in [1.807, 2.05) is 44.2 Å². The summed E-state index contributed by atoms with van der Waals surface area (Å²) in [6, 6.07) is 5.87. The average Bonchev–Trinajstić information content (AvgIpc) is 3.31. The minimum Gasteiger partial charge on any atom is -0.495 e. The van der Waals surface area contributed by atoms with Gasteiger partial charge < -0.3 is 19.1 Å². The number of aromatic nitrogens is 2. The lowest BCUT2D eigenvalue weighted by molar-refractivity contribution is 0.0394. The van der Waals surface area contributed by atoms with Gasteiger partial charge in [0.05, 0.1) is 12.7 Å². The number of allylic oxidation sites excluding steroid dienone is 2. The zero-order valence-electron chi connectivity index (χ0n) is 15.6. The molecule has 1 unspecified atom stereocenters. The summed E-state index contributed by atoms with van der Waals surface area (Å²) in [5.74, 6) is 1.81. The molecule has 1 N–H and O–H groups in total. The quantitative estimate of drug-likeness (QED) is 0.835. The van der Waals surface area contributed by atoms with Crippen molar-refractivity contribution >= 4 is 5.57 Å². The molecule has 0 aliphatic heterocycles. The third kappa shape index (κ3) is 3.42. The Hall–Kier alpha value is -2.44. The van der Waals surface area contributed by atoms with Crippen LogP contribution in [0.15, 0.2) is 40.6 Å². The first-order valence-corrected chi connectivity index (χ1v) is 9.51. The molecule has 0 fully saturated rings. The molecule has 2 aromatic rings. The van der Waals surface area contributed by atoms with Gasteiger partial charge in [0.15, 0.2) is 0 Å². The van der Waals surface area contributed by atoms with Crippen LogP contribution in [0.2, 0.25) is 0 Å². The van der Waals surface area contributed by atoms with Gasteiger partial charge in [-0.3, -0.25) is 0 Å². The number of nitrogens with zero attached hydrogens (tertiary/aromatic N) is 2. The van der Waals surface area contributed by atoms with Gasteiger partial charge in [-0.2, -0.15) is 4.98 Å². The van der Waals surface area contributed by atoms with Crippen LogP contribution in [0.5, 0.6) is 0 Å². The van der Waals surface area contributed by atoms with Crippen molar-refractivity contribution in [1.82, 2.24) is 10.1 Å². The molecule has 0 spiro atoms. The third-order valence-corrected chi connectivity index (χ3v) is 5.00. The van der Waals surface area contributed by atoms with Gasteiger partial charge in [0.25, 0.3) is 5.89 Å². The number of rotatable bonds is 6. The molecule has 1 heterocycles. The predicted molar refractivity (Wildman–Crippen MR) is 101 cm³/mol. The lowest BCUT2D eigenvalue weighted by Crippen LogP contribution is -2.20. The molecule has 4 rings (SSSR count). The van der Waals surface area contributed by atoms with E-state index in [9.17, 15) is 5.11 Å². The van der Waals surface area contributed by atoms with E-state index in [4.69, 9.17) is 14.0 Å². The molecule has 27 heavy (non-hydrogen) atoms. The first-order chi connectivity index (χ1) is 13.2. The molecule has 2 aliphatic carbocycles. The van der Waals surface area contributed by atoms with Crippen LogP contribution in [-0.4, -0.2) is 34.6 Å². The second-order valence-electron chi connectivity index (χ2n) is 6.67. The van der Waals surface area contributed by atoms with E-state index in [0.717, 1.165) is 40.9 Å². The highest BCUT2D eigenvalue weighted by atomic mass is 16.5. The number of aliphatic hydroxyl groups is 1. The predicted octanol–water partition coefficient (Wildman–Crippen LogP) is 3.83. The molecule has 1 aromatic carbocycles. The van der Waals surface area contributed by atoms with E-state index < -0.39 is 6.10 Å². The highest BCUT2D eigenvalue weighted by Gasteiger charge is 2.26. The van der Waals surface area contributed by atoms with Gasteiger partial charge in [0.2, 0.25) is 5.82 Å². The van der Waals surface area contributed by atoms with Crippen LogP contribution in [0, 0.1) is 0 Å². The maximum absolute atomic E-state index is 10.1. The Balaban J connectivity index is 1.62. The van der Waals surface area contributed by atoms with E-state index >= 15 is 0 Å². The van der Waals surface area contributed by atoms with Gasteiger partial charge in [-0.1, -0.05) is 29.4 Å². The van der Waals surface area contributed by atoms with E-state index in [2.05, 4.69) is 10.1 Å². The van der Waals surface area contributed by atoms with E-state index in [-0.39, 0.29) is 6.10 Å². The highest BCUT2D eigenvalue weighted by molar-refractivity contribution is 5.72. The smallest absolute Gasteiger partial charge is 0.258 e. The van der Waals surface area contributed by atoms with E-state index in [0.29, 0.717) is 31.3 Å². The monoisotopic (exact) mass is 368 g/mol. The maximum Gasteiger partial charge on any atom is 0.258 e. The second kappa shape index (κ2) is 7.66. The molecule has 142 valence electrons.